The first-order valence-corrected chi connectivity index (χ1v) is 10.2. The maximum atomic E-state index is 6.35. The van der Waals surface area contributed by atoms with Crippen LogP contribution in [-0.2, 0) is 13.0 Å². The lowest BCUT2D eigenvalue weighted by Gasteiger charge is -2.10. The van der Waals surface area contributed by atoms with Crippen molar-refractivity contribution in [2.45, 2.75) is 43.6 Å². The SMILES string of the molecule is C=CCn1c(SC(C)c2nc(CCC)no2)nnc1-c1ccc(Cl)cc1Cl. The quantitative estimate of drug-likeness (QED) is 0.345. The van der Waals surface area contributed by atoms with E-state index >= 15 is 0 Å². The monoisotopic (exact) mass is 423 g/mol. The minimum atomic E-state index is -0.0654. The number of hydrogen-bond donors (Lipinski definition) is 0. The van der Waals surface area contributed by atoms with E-state index in [1.807, 2.05) is 17.6 Å². The maximum absolute atomic E-state index is 6.35. The largest absolute Gasteiger partial charge is 0.338 e. The molecule has 0 radical (unpaired) electrons. The fourth-order valence-electron chi connectivity index (χ4n) is 2.51. The summed E-state index contributed by atoms with van der Waals surface area (Å²) in [6.07, 6.45) is 3.56. The fourth-order valence-corrected chi connectivity index (χ4v) is 3.89. The normalized spacial score (nSPS) is 12.3. The van der Waals surface area contributed by atoms with Gasteiger partial charge in [-0.15, -0.1) is 16.8 Å². The van der Waals surface area contributed by atoms with Crippen LogP contribution in [0.4, 0.5) is 0 Å². The molecular formula is C18H19Cl2N5OS. The number of rotatable bonds is 8. The fraction of sp³-hybridized carbons (Fsp3) is 0.333. The van der Waals surface area contributed by atoms with Crippen molar-refractivity contribution < 1.29 is 4.52 Å². The Kier molecular flexibility index (Phi) is 6.57. The molecule has 0 aliphatic rings. The standard InChI is InChI=1S/C18H19Cl2N5OS/c1-4-6-15-21-17(26-24-15)11(3)27-18-23-22-16(25(18)9-5-2)13-8-7-12(19)10-14(13)20/h5,7-8,10-11H,2,4,6,9H2,1,3H3. The Bertz CT molecular complexity index is 940. The van der Waals surface area contributed by atoms with Gasteiger partial charge in [0, 0.05) is 23.6 Å². The van der Waals surface area contributed by atoms with Crippen molar-refractivity contribution in [1.29, 1.82) is 0 Å². The first-order chi connectivity index (χ1) is 13.0. The van der Waals surface area contributed by atoms with Crippen molar-refractivity contribution in [3.05, 3.63) is 52.6 Å². The zero-order valence-corrected chi connectivity index (χ0v) is 17.4. The summed E-state index contributed by atoms with van der Waals surface area (Å²) >= 11 is 13.8. The third-order valence-electron chi connectivity index (χ3n) is 3.79. The van der Waals surface area contributed by atoms with Gasteiger partial charge in [-0.05, 0) is 31.5 Å². The van der Waals surface area contributed by atoms with Crippen molar-refractivity contribution in [1.82, 2.24) is 24.9 Å². The zero-order valence-electron chi connectivity index (χ0n) is 15.0. The Balaban J connectivity index is 1.89. The molecule has 6 nitrogen and oxygen atoms in total. The van der Waals surface area contributed by atoms with Gasteiger partial charge in [-0.1, -0.05) is 53.1 Å². The summed E-state index contributed by atoms with van der Waals surface area (Å²) < 4.78 is 7.33. The van der Waals surface area contributed by atoms with Gasteiger partial charge in [0.2, 0.25) is 5.89 Å². The van der Waals surface area contributed by atoms with E-state index in [0.717, 1.165) is 29.4 Å². The topological polar surface area (TPSA) is 69.6 Å². The molecule has 2 aromatic heterocycles. The van der Waals surface area contributed by atoms with Gasteiger partial charge in [0.15, 0.2) is 16.8 Å². The van der Waals surface area contributed by atoms with Crippen molar-refractivity contribution >= 4 is 35.0 Å². The molecule has 0 saturated carbocycles. The van der Waals surface area contributed by atoms with Gasteiger partial charge < -0.3 is 4.52 Å². The highest BCUT2D eigenvalue weighted by Gasteiger charge is 2.21. The van der Waals surface area contributed by atoms with Crippen LogP contribution in [0.2, 0.25) is 10.0 Å². The van der Waals surface area contributed by atoms with Gasteiger partial charge in [-0.25, -0.2) is 0 Å². The molecular weight excluding hydrogens is 405 g/mol. The molecule has 0 N–H and O–H groups in total. The number of aryl methyl sites for hydroxylation is 1. The van der Waals surface area contributed by atoms with E-state index in [2.05, 4.69) is 33.8 Å². The molecule has 2 heterocycles. The van der Waals surface area contributed by atoms with Crippen LogP contribution < -0.4 is 0 Å². The van der Waals surface area contributed by atoms with Crippen molar-refractivity contribution in [3.63, 3.8) is 0 Å². The molecule has 3 rings (SSSR count). The number of nitrogens with zero attached hydrogens (tertiary/aromatic N) is 5. The first-order valence-electron chi connectivity index (χ1n) is 8.52. The number of benzene rings is 1. The molecule has 9 heteroatoms. The smallest absolute Gasteiger partial charge is 0.239 e. The van der Waals surface area contributed by atoms with Gasteiger partial charge in [0.1, 0.15) is 0 Å². The van der Waals surface area contributed by atoms with E-state index in [4.69, 9.17) is 27.7 Å². The van der Waals surface area contributed by atoms with Crippen molar-refractivity contribution in [2.75, 3.05) is 0 Å². The molecule has 0 bridgehead atoms. The minimum Gasteiger partial charge on any atom is -0.338 e. The molecule has 27 heavy (non-hydrogen) atoms. The Morgan fingerprint density at radius 1 is 1.33 bits per heavy atom. The van der Waals surface area contributed by atoms with E-state index in [1.54, 1.807) is 18.2 Å². The third-order valence-corrected chi connectivity index (χ3v) is 5.40. The molecule has 0 spiro atoms. The summed E-state index contributed by atoms with van der Waals surface area (Å²) in [7, 11) is 0. The minimum absolute atomic E-state index is 0.0654. The van der Waals surface area contributed by atoms with Crippen LogP contribution in [0.1, 0.15) is 37.2 Å². The number of thioether (sulfide) groups is 1. The zero-order chi connectivity index (χ0) is 19.4. The molecule has 0 fully saturated rings. The second-order valence-electron chi connectivity index (χ2n) is 5.89. The number of halogens is 2. The molecule has 0 amide bonds. The first kappa shape index (κ1) is 19.9. The van der Waals surface area contributed by atoms with Gasteiger partial charge in [0.05, 0.1) is 10.3 Å². The second kappa shape index (κ2) is 8.91. The van der Waals surface area contributed by atoms with Gasteiger partial charge in [-0.3, -0.25) is 4.57 Å². The summed E-state index contributed by atoms with van der Waals surface area (Å²) in [4.78, 5) is 4.45. The molecule has 0 saturated heterocycles. The Hall–Kier alpha value is -1.83. The molecule has 1 aromatic carbocycles. The molecule has 142 valence electrons. The molecule has 0 aliphatic carbocycles. The Labute approximate surface area is 172 Å². The Morgan fingerprint density at radius 2 is 2.15 bits per heavy atom. The predicted molar refractivity (Wildman–Crippen MR) is 108 cm³/mol. The third kappa shape index (κ3) is 4.54. The summed E-state index contributed by atoms with van der Waals surface area (Å²) in [5.41, 5.74) is 0.762. The summed E-state index contributed by atoms with van der Waals surface area (Å²) in [5.74, 6) is 1.95. The van der Waals surface area contributed by atoms with Crippen LogP contribution in [0.5, 0.6) is 0 Å². The highest BCUT2D eigenvalue weighted by atomic mass is 35.5. The lowest BCUT2D eigenvalue weighted by atomic mass is 10.2. The Morgan fingerprint density at radius 3 is 2.85 bits per heavy atom. The van der Waals surface area contributed by atoms with E-state index in [0.29, 0.717) is 28.3 Å². The average molecular weight is 424 g/mol. The van der Waals surface area contributed by atoms with E-state index in [9.17, 15) is 0 Å². The van der Waals surface area contributed by atoms with Crippen LogP contribution in [0.25, 0.3) is 11.4 Å². The summed E-state index contributed by atoms with van der Waals surface area (Å²) in [6.45, 7) is 8.45. The van der Waals surface area contributed by atoms with Crippen molar-refractivity contribution in [2.24, 2.45) is 0 Å². The maximum Gasteiger partial charge on any atom is 0.239 e. The van der Waals surface area contributed by atoms with Gasteiger partial charge in [-0.2, -0.15) is 4.98 Å². The average Bonchev–Trinajstić information content (AvgIpc) is 3.24. The van der Waals surface area contributed by atoms with E-state index in [-0.39, 0.29) is 5.25 Å². The van der Waals surface area contributed by atoms with E-state index < -0.39 is 0 Å². The van der Waals surface area contributed by atoms with Gasteiger partial charge in [0.25, 0.3) is 0 Å². The molecule has 1 atom stereocenters. The molecule has 3 aromatic rings. The second-order valence-corrected chi connectivity index (χ2v) is 8.04. The number of hydrogen-bond acceptors (Lipinski definition) is 6. The van der Waals surface area contributed by atoms with Crippen LogP contribution >= 0.6 is 35.0 Å². The highest BCUT2D eigenvalue weighted by molar-refractivity contribution is 7.99. The highest BCUT2D eigenvalue weighted by Crippen LogP contribution is 2.36. The van der Waals surface area contributed by atoms with Gasteiger partial charge >= 0.3 is 0 Å². The van der Waals surface area contributed by atoms with Crippen molar-refractivity contribution in [3.8, 4) is 11.4 Å². The number of aromatic nitrogens is 5. The lowest BCUT2D eigenvalue weighted by molar-refractivity contribution is 0.374. The van der Waals surface area contributed by atoms with Crippen LogP contribution in [0.3, 0.4) is 0 Å². The van der Waals surface area contributed by atoms with Crippen LogP contribution in [0.15, 0.2) is 40.5 Å². The van der Waals surface area contributed by atoms with E-state index in [1.165, 1.54) is 11.8 Å². The molecule has 1 unspecified atom stereocenters. The van der Waals surface area contributed by atoms with Crippen LogP contribution in [-0.4, -0.2) is 24.9 Å². The summed E-state index contributed by atoms with van der Waals surface area (Å²) in [6, 6.07) is 5.30. The summed E-state index contributed by atoms with van der Waals surface area (Å²) in [5, 5.41) is 14.4. The number of allylic oxidation sites excluding steroid dienone is 1. The lowest BCUT2D eigenvalue weighted by Crippen LogP contribution is -2.02. The predicted octanol–water partition coefficient (Wildman–Crippen LogP) is 5.63. The van der Waals surface area contributed by atoms with Crippen LogP contribution in [0, 0.1) is 0 Å². The molecule has 0 aliphatic heterocycles.